The van der Waals surface area contributed by atoms with Crippen molar-refractivity contribution >= 4 is 22.8 Å². The van der Waals surface area contributed by atoms with E-state index in [-0.39, 0.29) is 12.3 Å². The zero-order valence-corrected chi connectivity index (χ0v) is 12.1. The number of hydrogen-bond acceptors (Lipinski definition) is 2. The molecule has 0 fully saturated rings. The number of amides is 1. The molecule has 5 nitrogen and oxygen atoms in total. The monoisotopic (exact) mass is 288 g/mol. The average molecular weight is 288 g/mol. The highest BCUT2D eigenvalue weighted by molar-refractivity contribution is 5.90. The summed E-state index contributed by atoms with van der Waals surface area (Å²) in [4.78, 5) is 25.5. The third-order valence-corrected chi connectivity index (χ3v) is 3.51. The number of nitrogens with one attached hydrogen (secondary N) is 2. The smallest absolute Gasteiger partial charge is 0.303 e. The second kappa shape index (κ2) is 6.92. The van der Waals surface area contributed by atoms with Crippen molar-refractivity contribution in [2.24, 2.45) is 0 Å². The van der Waals surface area contributed by atoms with Gasteiger partial charge in [-0.1, -0.05) is 25.1 Å². The average Bonchev–Trinajstić information content (AvgIpc) is 2.86. The van der Waals surface area contributed by atoms with Crippen LogP contribution in [0.25, 0.3) is 10.9 Å². The van der Waals surface area contributed by atoms with Gasteiger partial charge >= 0.3 is 5.97 Å². The van der Waals surface area contributed by atoms with Crippen LogP contribution in [-0.4, -0.2) is 28.5 Å². The Balaban J connectivity index is 1.97. The zero-order chi connectivity index (χ0) is 15.2. The van der Waals surface area contributed by atoms with Crippen LogP contribution >= 0.6 is 0 Å². The normalized spacial score (nSPS) is 10.7. The van der Waals surface area contributed by atoms with Crippen molar-refractivity contribution in [3.63, 3.8) is 0 Å². The van der Waals surface area contributed by atoms with Crippen LogP contribution in [0.3, 0.4) is 0 Å². The van der Waals surface area contributed by atoms with Crippen LogP contribution in [0.2, 0.25) is 0 Å². The fourth-order valence-corrected chi connectivity index (χ4v) is 2.42. The quantitative estimate of drug-likeness (QED) is 0.683. The maximum atomic E-state index is 11.9. The lowest BCUT2D eigenvalue weighted by Gasteiger charge is -2.04. The van der Waals surface area contributed by atoms with Crippen LogP contribution in [-0.2, 0) is 22.4 Å². The number of aliphatic carboxylic acids is 1. The molecule has 1 amide bonds. The standard InChI is InChI=1S/C16H20N2O3/c1-2-11-5-3-6-13-12(10-18-16(11)13)9-14(19)17-8-4-7-15(20)21/h3,5-6,10,18H,2,4,7-9H2,1H3,(H,17,19)(H,20,21). The number of H-pyrrole nitrogens is 1. The number of hydrogen-bond donors (Lipinski definition) is 3. The van der Waals surface area contributed by atoms with Gasteiger partial charge in [-0.2, -0.15) is 0 Å². The van der Waals surface area contributed by atoms with Crippen molar-refractivity contribution in [3.8, 4) is 0 Å². The summed E-state index contributed by atoms with van der Waals surface area (Å²) in [7, 11) is 0. The van der Waals surface area contributed by atoms with E-state index in [1.807, 2.05) is 18.3 Å². The maximum Gasteiger partial charge on any atom is 0.303 e. The van der Waals surface area contributed by atoms with Crippen LogP contribution in [0, 0.1) is 0 Å². The van der Waals surface area contributed by atoms with Crippen LogP contribution < -0.4 is 5.32 Å². The van der Waals surface area contributed by atoms with E-state index in [1.165, 1.54) is 5.56 Å². The lowest BCUT2D eigenvalue weighted by atomic mass is 10.1. The van der Waals surface area contributed by atoms with E-state index in [1.54, 1.807) is 0 Å². The van der Waals surface area contributed by atoms with Crippen LogP contribution in [0.15, 0.2) is 24.4 Å². The largest absolute Gasteiger partial charge is 0.481 e. The van der Waals surface area contributed by atoms with Crippen LogP contribution in [0.4, 0.5) is 0 Å². The predicted octanol–water partition coefficient (Wildman–Crippen LogP) is 2.25. The SMILES string of the molecule is CCc1cccc2c(CC(=O)NCCCC(=O)O)c[nH]c12. The molecular formula is C16H20N2O3. The maximum absolute atomic E-state index is 11.9. The van der Waals surface area contributed by atoms with E-state index in [2.05, 4.69) is 23.3 Å². The topological polar surface area (TPSA) is 82.2 Å². The van der Waals surface area contributed by atoms with Crippen molar-refractivity contribution < 1.29 is 14.7 Å². The Morgan fingerprint density at radius 1 is 1.29 bits per heavy atom. The number of carbonyl (C=O) groups excluding carboxylic acids is 1. The number of aromatic nitrogens is 1. The number of fused-ring (bicyclic) bond motifs is 1. The second-order valence-electron chi connectivity index (χ2n) is 5.03. The molecule has 0 saturated heterocycles. The highest BCUT2D eigenvalue weighted by atomic mass is 16.4. The summed E-state index contributed by atoms with van der Waals surface area (Å²) in [6.07, 6.45) is 3.65. The summed E-state index contributed by atoms with van der Waals surface area (Å²) < 4.78 is 0. The van der Waals surface area contributed by atoms with Crippen molar-refractivity contribution in [1.29, 1.82) is 0 Å². The van der Waals surface area contributed by atoms with Crippen molar-refractivity contribution in [3.05, 3.63) is 35.5 Å². The number of para-hydroxylation sites is 1. The Kier molecular flexibility index (Phi) is 4.98. The van der Waals surface area contributed by atoms with E-state index in [0.29, 0.717) is 19.4 Å². The number of carboxylic acid groups (broad SMARTS) is 1. The second-order valence-corrected chi connectivity index (χ2v) is 5.03. The van der Waals surface area contributed by atoms with Crippen molar-refractivity contribution in [1.82, 2.24) is 10.3 Å². The van der Waals surface area contributed by atoms with E-state index < -0.39 is 5.97 Å². The number of carboxylic acids is 1. The molecule has 112 valence electrons. The van der Waals surface area contributed by atoms with Gasteiger partial charge in [-0.15, -0.1) is 0 Å². The molecule has 0 aliphatic heterocycles. The van der Waals surface area contributed by atoms with Gasteiger partial charge in [-0.05, 0) is 24.0 Å². The van der Waals surface area contributed by atoms with Crippen molar-refractivity contribution in [2.45, 2.75) is 32.6 Å². The van der Waals surface area contributed by atoms with E-state index in [9.17, 15) is 9.59 Å². The predicted molar refractivity (Wildman–Crippen MR) is 81.3 cm³/mol. The third kappa shape index (κ3) is 3.84. The first-order valence-electron chi connectivity index (χ1n) is 7.18. The molecule has 0 bridgehead atoms. The van der Waals surface area contributed by atoms with Crippen molar-refractivity contribution in [2.75, 3.05) is 6.54 Å². The Morgan fingerprint density at radius 2 is 2.10 bits per heavy atom. The molecule has 21 heavy (non-hydrogen) atoms. The van der Waals surface area contributed by atoms with Crippen LogP contribution in [0.1, 0.15) is 30.9 Å². The highest BCUT2D eigenvalue weighted by Crippen LogP contribution is 2.22. The van der Waals surface area contributed by atoms with E-state index in [4.69, 9.17) is 5.11 Å². The van der Waals surface area contributed by atoms with Gasteiger partial charge in [0.25, 0.3) is 0 Å². The number of carbonyl (C=O) groups is 2. The lowest BCUT2D eigenvalue weighted by molar-refractivity contribution is -0.137. The number of rotatable bonds is 7. The molecule has 0 radical (unpaired) electrons. The lowest BCUT2D eigenvalue weighted by Crippen LogP contribution is -2.26. The van der Waals surface area contributed by atoms with Gasteiger partial charge in [0.05, 0.1) is 6.42 Å². The molecule has 2 aromatic rings. The summed E-state index contributed by atoms with van der Waals surface area (Å²) in [5.74, 6) is -0.920. The van der Waals surface area contributed by atoms with Gasteiger partial charge in [0.2, 0.25) is 5.91 Å². The first kappa shape index (κ1) is 15.1. The molecule has 5 heteroatoms. The Morgan fingerprint density at radius 3 is 2.81 bits per heavy atom. The minimum absolute atomic E-state index is 0.0766. The molecule has 3 N–H and O–H groups in total. The van der Waals surface area contributed by atoms with Gasteiger partial charge in [-0.25, -0.2) is 0 Å². The molecule has 0 aliphatic rings. The molecule has 2 rings (SSSR count). The minimum atomic E-state index is -0.840. The number of benzene rings is 1. The van der Waals surface area contributed by atoms with Gasteiger partial charge < -0.3 is 15.4 Å². The first-order valence-corrected chi connectivity index (χ1v) is 7.18. The van der Waals surface area contributed by atoms with Gasteiger partial charge in [-0.3, -0.25) is 9.59 Å². The third-order valence-electron chi connectivity index (χ3n) is 3.51. The summed E-state index contributed by atoms with van der Waals surface area (Å²) in [6, 6.07) is 6.09. The Hall–Kier alpha value is -2.30. The molecule has 1 heterocycles. The molecule has 0 spiro atoms. The first-order chi connectivity index (χ1) is 10.1. The van der Waals surface area contributed by atoms with E-state index in [0.717, 1.165) is 22.9 Å². The fraction of sp³-hybridized carbons (Fsp3) is 0.375. The van der Waals surface area contributed by atoms with E-state index >= 15 is 0 Å². The highest BCUT2D eigenvalue weighted by Gasteiger charge is 2.10. The molecule has 0 aliphatic carbocycles. The molecule has 0 unspecified atom stereocenters. The summed E-state index contributed by atoms with van der Waals surface area (Å²) in [6.45, 7) is 2.50. The molecule has 0 saturated carbocycles. The molecular weight excluding hydrogens is 268 g/mol. The van der Waals surface area contributed by atoms with Gasteiger partial charge in [0, 0.05) is 30.1 Å². The van der Waals surface area contributed by atoms with Gasteiger partial charge in [0.15, 0.2) is 0 Å². The summed E-state index contributed by atoms with van der Waals surface area (Å²) in [5.41, 5.74) is 3.30. The molecule has 1 aromatic carbocycles. The zero-order valence-electron chi connectivity index (χ0n) is 12.1. The summed E-state index contributed by atoms with van der Waals surface area (Å²) in [5, 5.41) is 12.4. The minimum Gasteiger partial charge on any atom is -0.481 e. The molecule has 1 aromatic heterocycles. The Bertz CT molecular complexity index is 646. The number of aromatic amines is 1. The Labute approximate surface area is 123 Å². The van der Waals surface area contributed by atoms with Gasteiger partial charge in [0.1, 0.15) is 0 Å². The number of aryl methyl sites for hydroxylation is 1. The fourth-order valence-electron chi connectivity index (χ4n) is 2.42. The molecule has 0 atom stereocenters. The van der Waals surface area contributed by atoms with Crippen LogP contribution in [0.5, 0.6) is 0 Å². The summed E-state index contributed by atoms with van der Waals surface area (Å²) >= 11 is 0.